The summed E-state index contributed by atoms with van der Waals surface area (Å²) in [5.41, 5.74) is 6.24. The third kappa shape index (κ3) is 2.82. The van der Waals surface area contributed by atoms with Crippen molar-refractivity contribution in [2.24, 2.45) is 23.5 Å². The van der Waals surface area contributed by atoms with Crippen LogP contribution in [-0.2, 0) is 4.79 Å². The minimum atomic E-state index is 0.221. The lowest BCUT2D eigenvalue weighted by atomic mass is 9.65. The number of hydrogen-bond donors (Lipinski definition) is 2. The molecule has 1 amide bonds. The van der Waals surface area contributed by atoms with Crippen molar-refractivity contribution in [3.05, 3.63) is 0 Å². The fraction of sp³-hybridized carbons (Fsp3) is 0.929. The van der Waals surface area contributed by atoms with Crippen LogP contribution < -0.4 is 11.1 Å². The summed E-state index contributed by atoms with van der Waals surface area (Å²) in [5.74, 6) is 1.67. The highest BCUT2D eigenvalue weighted by molar-refractivity contribution is 5.79. The maximum atomic E-state index is 12.2. The first kappa shape index (κ1) is 12.9. The average molecular weight is 238 g/mol. The minimum absolute atomic E-state index is 0.221. The fourth-order valence-corrected chi connectivity index (χ4v) is 3.47. The van der Waals surface area contributed by atoms with Crippen molar-refractivity contribution >= 4 is 5.91 Å². The maximum Gasteiger partial charge on any atom is 0.223 e. The number of fused-ring (bicyclic) bond motifs is 2. The van der Waals surface area contributed by atoms with Crippen LogP contribution in [0, 0.1) is 17.8 Å². The third-order valence-corrected chi connectivity index (χ3v) is 4.78. The van der Waals surface area contributed by atoms with Gasteiger partial charge in [-0.15, -0.1) is 0 Å². The zero-order valence-electron chi connectivity index (χ0n) is 11.1. The van der Waals surface area contributed by atoms with Gasteiger partial charge in [-0.3, -0.25) is 4.79 Å². The van der Waals surface area contributed by atoms with Gasteiger partial charge in [-0.05, 0) is 50.9 Å². The van der Waals surface area contributed by atoms with Crippen molar-refractivity contribution in [2.45, 2.75) is 64.5 Å². The van der Waals surface area contributed by atoms with E-state index in [1.54, 1.807) is 0 Å². The van der Waals surface area contributed by atoms with Crippen LogP contribution in [0.25, 0.3) is 0 Å². The van der Waals surface area contributed by atoms with Crippen LogP contribution in [0.2, 0.25) is 0 Å². The molecule has 2 fully saturated rings. The Morgan fingerprint density at radius 3 is 2.47 bits per heavy atom. The van der Waals surface area contributed by atoms with Crippen molar-refractivity contribution < 1.29 is 4.79 Å². The predicted octanol–water partition coefficient (Wildman–Crippen LogP) is 2.05. The molecule has 0 aromatic heterocycles. The Morgan fingerprint density at radius 1 is 1.35 bits per heavy atom. The van der Waals surface area contributed by atoms with Gasteiger partial charge in [0.2, 0.25) is 5.91 Å². The van der Waals surface area contributed by atoms with Crippen LogP contribution >= 0.6 is 0 Å². The van der Waals surface area contributed by atoms with Crippen molar-refractivity contribution in [2.75, 3.05) is 0 Å². The number of carbonyl (C=O) groups is 1. The highest BCUT2D eigenvalue weighted by atomic mass is 16.1. The second-order valence-electron chi connectivity index (χ2n) is 6.01. The second kappa shape index (κ2) is 5.38. The molecular formula is C14H26N2O. The molecule has 0 radical (unpaired) electrons. The van der Waals surface area contributed by atoms with E-state index in [1.807, 2.05) is 0 Å². The van der Waals surface area contributed by atoms with E-state index >= 15 is 0 Å². The molecule has 0 spiro atoms. The molecule has 0 aromatic carbocycles. The van der Waals surface area contributed by atoms with Gasteiger partial charge in [-0.25, -0.2) is 0 Å². The number of carbonyl (C=O) groups excluding carboxylic acids is 1. The van der Waals surface area contributed by atoms with Gasteiger partial charge in [-0.2, -0.15) is 0 Å². The topological polar surface area (TPSA) is 55.1 Å². The highest BCUT2D eigenvalue weighted by Crippen LogP contribution is 2.41. The molecule has 2 saturated carbocycles. The van der Waals surface area contributed by atoms with Crippen molar-refractivity contribution in [3.63, 3.8) is 0 Å². The summed E-state index contributed by atoms with van der Waals surface area (Å²) in [7, 11) is 0. The van der Waals surface area contributed by atoms with E-state index in [-0.39, 0.29) is 11.8 Å². The first-order chi connectivity index (χ1) is 8.11. The van der Waals surface area contributed by atoms with Gasteiger partial charge in [0.15, 0.2) is 0 Å². The van der Waals surface area contributed by atoms with Crippen LogP contribution in [-0.4, -0.2) is 18.0 Å². The summed E-state index contributed by atoms with van der Waals surface area (Å²) < 4.78 is 0. The molecule has 0 aliphatic heterocycles. The molecule has 2 bridgehead atoms. The van der Waals surface area contributed by atoms with Gasteiger partial charge in [0.1, 0.15) is 0 Å². The van der Waals surface area contributed by atoms with Gasteiger partial charge < -0.3 is 11.1 Å². The van der Waals surface area contributed by atoms with Crippen molar-refractivity contribution in [1.82, 2.24) is 5.32 Å². The Kier molecular flexibility index (Phi) is 4.08. The highest BCUT2D eigenvalue weighted by Gasteiger charge is 2.40. The van der Waals surface area contributed by atoms with Crippen LogP contribution in [0.5, 0.6) is 0 Å². The predicted molar refractivity (Wildman–Crippen MR) is 69.4 cm³/mol. The second-order valence-corrected chi connectivity index (χ2v) is 6.01. The first-order valence-corrected chi connectivity index (χ1v) is 7.17. The van der Waals surface area contributed by atoms with Crippen molar-refractivity contribution in [3.8, 4) is 0 Å². The molecule has 0 heterocycles. The van der Waals surface area contributed by atoms with Gasteiger partial charge in [0.05, 0.1) is 0 Å². The number of nitrogens with one attached hydrogen (secondary N) is 1. The van der Waals surface area contributed by atoms with E-state index in [1.165, 1.54) is 19.3 Å². The summed E-state index contributed by atoms with van der Waals surface area (Å²) in [4.78, 5) is 12.2. The zero-order chi connectivity index (χ0) is 12.4. The molecule has 3 heteroatoms. The van der Waals surface area contributed by atoms with Crippen molar-refractivity contribution in [1.29, 1.82) is 0 Å². The molecule has 3 N–H and O–H groups in total. The van der Waals surface area contributed by atoms with Crippen LogP contribution in [0.3, 0.4) is 0 Å². The van der Waals surface area contributed by atoms with Crippen LogP contribution in [0.4, 0.5) is 0 Å². The number of rotatable bonds is 3. The molecule has 17 heavy (non-hydrogen) atoms. The molecular weight excluding hydrogens is 212 g/mol. The Bertz CT molecular complexity index is 265. The summed E-state index contributed by atoms with van der Waals surface area (Å²) in [6.07, 6.45) is 6.79. The van der Waals surface area contributed by atoms with E-state index in [0.717, 1.165) is 19.3 Å². The minimum Gasteiger partial charge on any atom is -0.353 e. The largest absolute Gasteiger partial charge is 0.353 e. The maximum absolute atomic E-state index is 12.2. The quantitative estimate of drug-likeness (QED) is 0.790. The van der Waals surface area contributed by atoms with E-state index in [4.69, 9.17) is 5.73 Å². The Morgan fingerprint density at radius 2 is 1.94 bits per heavy atom. The lowest BCUT2D eigenvalue weighted by Gasteiger charge is -2.43. The lowest BCUT2D eigenvalue weighted by molar-refractivity contribution is -0.128. The molecule has 3 unspecified atom stereocenters. The Labute approximate surface area is 105 Å². The van der Waals surface area contributed by atoms with E-state index in [9.17, 15) is 4.79 Å². The Hall–Kier alpha value is -0.570. The monoisotopic (exact) mass is 238 g/mol. The SMILES string of the molecule is CCC(C)NC(=O)C1CC2CCCC(C1)C2N. The molecule has 2 aliphatic rings. The smallest absolute Gasteiger partial charge is 0.223 e. The summed E-state index contributed by atoms with van der Waals surface area (Å²) in [6, 6.07) is 0.661. The van der Waals surface area contributed by atoms with Gasteiger partial charge in [0.25, 0.3) is 0 Å². The first-order valence-electron chi connectivity index (χ1n) is 7.17. The van der Waals surface area contributed by atoms with E-state index < -0.39 is 0 Å². The van der Waals surface area contributed by atoms with Gasteiger partial charge in [0, 0.05) is 18.0 Å². The molecule has 2 aliphatic carbocycles. The Balaban J connectivity index is 1.93. The molecule has 2 rings (SSSR count). The molecule has 98 valence electrons. The number of hydrogen-bond acceptors (Lipinski definition) is 2. The average Bonchev–Trinajstić information content (AvgIpc) is 2.28. The van der Waals surface area contributed by atoms with E-state index in [0.29, 0.717) is 23.9 Å². The summed E-state index contributed by atoms with van der Waals surface area (Å²) in [5, 5.41) is 3.12. The standard InChI is InChI=1S/C14H26N2O/c1-3-9(2)16-14(17)12-7-10-5-4-6-11(8-12)13(10)15/h9-13H,3-8,15H2,1-2H3,(H,16,17). The molecule has 3 atom stereocenters. The van der Waals surface area contributed by atoms with Crippen LogP contribution in [0.15, 0.2) is 0 Å². The number of amides is 1. The lowest BCUT2D eigenvalue weighted by Crippen LogP contribution is -2.49. The fourth-order valence-electron chi connectivity index (χ4n) is 3.47. The molecule has 0 saturated heterocycles. The normalized spacial score (nSPS) is 38.5. The molecule has 0 aromatic rings. The van der Waals surface area contributed by atoms with E-state index in [2.05, 4.69) is 19.2 Å². The van der Waals surface area contributed by atoms with Gasteiger partial charge >= 0.3 is 0 Å². The molecule has 3 nitrogen and oxygen atoms in total. The number of nitrogens with two attached hydrogens (primary N) is 1. The third-order valence-electron chi connectivity index (χ3n) is 4.78. The summed E-state index contributed by atoms with van der Waals surface area (Å²) >= 11 is 0. The van der Waals surface area contributed by atoms with Gasteiger partial charge in [-0.1, -0.05) is 13.3 Å². The van der Waals surface area contributed by atoms with Crippen LogP contribution in [0.1, 0.15) is 52.4 Å². The zero-order valence-corrected chi connectivity index (χ0v) is 11.1. The summed E-state index contributed by atoms with van der Waals surface area (Å²) in [6.45, 7) is 4.18.